The van der Waals surface area contributed by atoms with Crippen LogP contribution in [0.1, 0.15) is 56.4 Å². The topological polar surface area (TPSA) is 127 Å². The molecule has 1 saturated heterocycles. The molecule has 1 aromatic heterocycles. The number of fused-ring (bicyclic) bond motifs is 2. The van der Waals surface area contributed by atoms with Gasteiger partial charge in [-0.15, -0.1) is 0 Å². The Morgan fingerprint density at radius 2 is 1.89 bits per heavy atom. The molecule has 0 radical (unpaired) electrons. The van der Waals surface area contributed by atoms with Gasteiger partial charge in [0.15, 0.2) is 11.6 Å². The molecule has 188 valence electrons. The zero-order valence-corrected chi connectivity index (χ0v) is 19.7. The van der Waals surface area contributed by atoms with Crippen molar-refractivity contribution >= 4 is 34.3 Å². The number of ether oxygens (including phenoxy) is 1. The van der Waals surface area contributed by atoms with E-state index in [0.29, 0.717) is 19.4 Å². The van der Waals surface area contributed by atoms with E-state index in [1.54, 1.807) is 20.8 Å². The lowest BCUT2D eigenvalue weighted by Gasteiger charge is -2.35. The number of piperidine rings is 1. The van der Waals surface area contributed by atoms with Crippen LogP contribution in [0.25, 0.3) is 10.9 Å². The third kappa shape index (κ3) is 4.06. The second kappa shape index (κ2) is 7.82. The Morgan fingerprint density at radius 3 is 2.49 bits per heavy atom. The van der Waals surface area contributed by atoms with Crippen LogP contribution in [0.3, 0.4) is 0 Å². The maximum absolute atomic E-state index is 16.1. The standard InChI is InChI=1S/C24H28F2N4O5/c1-24(2,3)35-23(34)28-14-9-29(7-10-6-12(10)14)20-16(25)18(27)15-19(17(20)26)30(11-4-5-11)8-13(21(15)31)22(32)33/h8,10-12,14H,4-7,9,27H2,1-3H3,(H,28,34)(H,32,33). The highest BCUT2D eigenvalue weighted by Gasteiger charge is 2.50. The lowest BCUT2D eigenvalue weighted by atomic mass is 10.0. The van der Waals surface area contributed by atoms with Crippen molar-refractivity contribution in [1.29, 1.82) is 0 Å². The van der Waals surface area contributed by atoms with Crippen molar-refractivity contribution in [3.8, 4) is 0 Å². The summed E-state index contributed by atoms with van der Waals surface area (Å²) in [5.74, 6) is -3.22. The molecule has 9 nitrogen and oxygen atoms in total. The quantitative estimate of drug-likeness (QED) is 0.562. The molecule has 3 aliphatic rings. The largest absolute Gasteiger partial charge is 0.477 e. The van der Waals surface area contributed by atoms with Gasteiger partial charge in [-0.3, -0.25) is 4.79 Å². The minimum absolute atomic E-state index is 0.138. The van der Waals surface area contributed by atoms with Gasteiger partial charge in [0.05, 0.1) is 22.6 Å². The number of nitrogens with two attached hydrogens (primary N) is 1. The van der Waals surface area contributed by atoms with E-state index in [2.05, 4.69) is 5.32 Å². The second-order valence-electron chi connectivity index (χ2n) is 10.7. The Labute approximate surface area is 199 Å². The number of carboxylic acids is 1. The zero-order chi connectivity index (χ0) is 25.4. The molecule has 3 unspecified atom stereocenters. The van der Waals surface area contributed by atoms with E-state index in [1.165, 1.54) is 9.47 Å². The summed E-state index contributed by atoms with van der Waals surface area (Å²) in [7, 11) is 0. The van der Waals surface area contributed by atoms with Gasteiger partial charge < -0.3 is 30.4 Å². The Balaban J connectivity index is 1.58. The fraction of sp³-hybridized carbons (Fsp3) is 0.542. The summed E-state index contributed by atoms with van der Waals surface area (Å²) in [6, 6.07) is -0.571. The number of benzene rings is 1. The van der Waals surface area contributed by atoms with E-state index in [-0.39, 0.29) is 41.7 Å². The predicted octanol–water partition coefficient (Wildman–Crippen LogP) is 3.24. The molecule has 5 rings (SSSR count). The fourth-order valence-corrected chi connectivity index (χ4v) is 5.12. The summed E-state index contributed by atoms with van der Waals surface area (Å²) in [6.45, 7) is 5.75. The number of pyridine rings is 1. The maximum Gasteiger partial charge on any atom is 0.407 e. The number of carbonyl (C=O) groups excluding carboxylic acids is 1. The van der Waals surface area contributed by atoms with Crippen molar-refractivity contribution in [3.63, 3.8) is 0 Å². The molecule has 11 heteroatoms. The number of carboxylic acid groups (broad SMARTS) is 1. The summed E-state index contributed by atoms with van der Waals surface area (Å²) in [4.78, 5) is 38.3. The molecule has 3 fully saturated rings. The number of aromatic nitrogens is 1. The molecule has 35 heavy (non-hydrogen) atoms. The van der Waals surface area contributed by atoms with Crippen molar-refractivity contribution in [2.45, 2.75) is 57.7 Å². The molecular weight excluding hydrogens is 462 g/mol. The van der Waals surface area contributed by atoms with Crippen LogP contribution in [0.4, 0.5) is 25.0 Å². The first kappa shape index (κ1) is 23.4. The van der Waals surface area contributed by atoms with E-state index in [0.717, 1.165) is 12.6 Å². The molecule has 1 aliphatic heterocycles. The monoisotopic (exact) mass is 490 g/mol. The van der Waals surface area contributed by atoms with Gasteiger partial charge in [-0.1, -0.05) is 0 Å². The van der Waals surface area contributed by atoms with Gasteiger partial charge in [0.1, 0.15) is 16.9 Å². The van der Waals surface area contributed by atoms with Crippen LogP contribution < -0.4 is 21.4 Å². The number of hydrogen-bond donors (Lipinski definition) is 3. The van der Waals surface area contributed by atoms with Gasteiger partial charge in [-0.2, -0.15) is 0 Å². The normalized spacial score (nSPS) is 23.7. The first-order valence-electron chi connectivity index (χ1n) is 11.7. The number of amides is 1. The van der Waals surface area contributed by atoms with Gasteiger partial charge in [0, 0.05) is 25.3 Å². The Kier molecular flexibility index (Phi) is 5.22. The van der Waals surface area contributed by atoms with Gasteiger partial charge >= 0.3 is 12.1 Å². The van der Waals surface area contributed by atoms with E-state index >= 15 is 8.78 Å². The van der Waals surface area contributed by atoms with Crippen LogP contribution >= 0.6 is 0 Å². The van der Waals surface area contributed by atoms with E-state index in [9.17, 15) is 19.5 Å². The van der Waals surface area contributed by atoms with E-state index < -0.39 is 51.4 Å². The summed E-state index contributed by atoms with van der Waals surface area (Å²) in [5.41, 5.74) is 2.60. The number of hydrogen-bond acceptors (Lipinski definition) is 6. The molecule has 0 spiro atoms. The minimum Gasteiger partial charge on any atom is -0.477 e. The molecule has 1 amide bonds. The number of rotatable bonds is 4. The Morgan fingerprint density at radius 1 is 1.20 bits per heavy atom. The maximum atomic E-state index is 16.1. The van der Waals surface area contributed by atoms with Gasteiger partial charge in [0.25, 0.3) is 0 Å². The van der Waals surface area contributed by atoms with Crippen molar-refractivity contribution in [2.24, 2.45) is 11.8 Å². The molecule has 0 bridgehead atoms. The minimum atomic E-state index is -1.48. The average Bonchev–Trinajstić information content (AvgIpc) is 3.64. The van der Waals surface area contributed by atoms with Crippen LogP contribution in [0, 0.1) is 23.5 Å². The van der Waals surface area contributed by atoms with Crippen molar-refractivity contribution in [1.82, 2.24) is 9.88 Å². The van der Waals surface area contributed by atoms with Crippen molar-refractivity contribution < 1.29 is 28.2 Å². The first-order valence-corrected chi connectivity index (χ1v) is 11.7. The number of nitrogens with one attached hydrogen (secondary N) is 1. The number of aromatic carboxylic acids is 1. The van der Waals surface area contributed by atoms with Crippen LogP contribution in [-0.2, 0) is 4.74 Å². The smallest absolute Gasteiger partial charge is 0.407 e. The van der Waals surface area contributed by atoms with Crippen LogP contribution in [0.2, 0.25) is 0 Å². The Hall–Kier alpha value is -3.37. The van der Waals surface area contributed by atoms with Crippen molar-refractivity contribution in [2.75, 3.05) is 23.7 Å². The molecule has 2 heterocycles. The summed E-state index contributed by atoms with van der Waals surface area (Å²) < 4.78 is 38.4. The number of nitrogen functional groups attached to an aromatic ring is 1. The van der Waals surface area contributed by atoms with Crippen LogP contribution in [0.5, 0.6) is 0 Å². The number of nitrogens with zero attached hydrogens (tertiary/aromatic N) is 2. The summed E-state index contributed by atoms with van der Waals surface area (Å²) in [6.07, 6.45) is 2.68. The van der Waals surface area contributed by atoms with Crippen LogP contribution in [-0.4, -0.2) is 46.5 Å². The highest BCUT2D eigenvalue weighted by atomic mass is 19.1. The van der Waals surface area contributed by atoms with Gasteiger partial charge in [-0.05, 0) is 51.9 Å². The average molecular weight is 491 g/mol. The highest BCUT2D eigenvalue weighted by Crippen LogP contribution is 2.48. The van der Waals surface area contributed by atoms with Gasteiger partial charge in [0.2, 0.25) is 5.43 Å². The first-order chi connectivity index (χ1) is 16.4. The molecule has 2 aromatic rings. The van der Waals surface area contributed by atoms with Gasteiger partial charge in [-0.25, -0.2) is 18.4 Å². The summed E-state index contributed by atoms with van der Waals surface area (Å²) in [5, 5.41) is 11.8. The lowest BCUT2D eigenvalue weighted by Crippen LogP contribution is -2.51. The number of alkyl carbamates (subject to hydrolysis) is 1. The van der Waals surface area contributed by atoms with Crippen LogP contribution in [0.15, 0.2) is 11.0 Å². The van der Waals surface area contributed by atoms with Crippen molar-refractivity contribution in [3.05, 3.63) is 33.6 Å². The third-order valence-electron chi connectivity index (χ3n) is 6.92. The predicted molar refractivity (Wildman–Crippen MR) is 125 cm³/mol. The third-order valence-corrected chi connectivity index (χ3v) is 6.92. The number of anilines is 2. The lowest BCUT2D eigenvalue weighted by molar-refractivity contribution is 0.0494. The highest BCUT2D eigenvalue weighted by molar-refractivity contribution is 5.99. The molecular formula is C24H28F2N4O5. The summed E-state index contributed by atoms with van der Waals surface area (Å²) >= 11 is 0. The molecule has 4 N–H and O–H groups in total. The zero-order valence-electron chi connectivity index (χ0n) is 19.7. The fourth-order valence-electron chi connectivity index (χ4n) is 5.12. The van der Waals surface area contributed by atoms with E-state index in [1.807, 2.05) is 0 Å². The number of halogens is 2. The molecule has 2 saturated carbocycles. The molecule has 1 aromatic carbocycles. The second-order valence-corrected chi connectivity index (χ2v) is 10.7. The number of carbonyl (C=O) groups is 2. The van der Waals surface area contributed by atoms with E-state index in [4.69, 9.17) is 10.5 Å². The molecule has 2 aliphatic carbocycles. The Bertz CT molecular complexity index is 1310. The SMILES string of the molecule is CC(C)(C)OC(=O)NC1CN(c2c(F)c(N)c3c(=O)c(C(=O)O)cn(C4CC4)c3c2F)CC2CC21. The molecule has 3 atom stereocenters.